The van der Waals surface area contributed by atoms with Gasteiger partial charge in [0.05, 0.1) is 6.61 Å². The molecule has 0 fully saturated rings. The van der Waals surface area contributed by atoms with E-state index in [2.05, 4.69) is 39.2 Å². The number of carbonyl (C=O) groups is 2. The minimum Gasteiger partial charge on any atom is -0.457 e. The smallest absolute Gasteiger partial charge is 0.457 e. The molecule has 1 aromatic rings. The molecule has 0 saturated heterocycles. The summed E-state index contributed by atoms with van der Waals surface area (Å²) < 4.78 is 28.3. The van der Waals surface area contributed by atoms with E-state index in [1.54, 1.807) is 26.8 Å². The molecule has 0 aliphatic carbocycles. The van der Waals surface area contributed by atoms with Crippen molar-refractivity contribution in [3.63, 3.8) is 0 Å². The van der Waals surface area contributed by atoms with Crippen LogP contribution in [0.15, 0.2) is 18.2 Å². The van der Waals surface area contributed by atoms with Crippen molar-refractivity contribution in [2.45, 2.75) is 111 Å². The number of rotatable bonds is 10. The summed E-state index contributed by atoms with van der Waals surface area (Å²) in [6.45, 7) is 24.2. The molecule has 0 spiro atoms. The molecule has 206 valence electrons. The molecule has 1 aromatic carbocycles. The Hall–Kier alpha value is -2.10. The van der Waals surface area contributed by atoms with Gasteiger partial charge in [-0.15, -0.1) is 0 Å². The predicted octanol–water partition coefficient (Wildman–Crippen LogP) is 6.49. The van der Waals surface area contributed by atoms with Crippen LogP contribution in [-0.2, 0) is 30.0 Å². The molecule has 9 heteroatoms. The fourth-order valence-corrected chi connectivity index (χ4v) is 3.67. The molecule has 36 heavy (non-hydrogen) atoms. The van der Waals surface area contributed by atoms with Gasteiger partial charge < -0.3 is 28.7 Å². The van der Waals surface area contributed by atoms with Crippen LogP contribution in [0.4, 0.5) is 4.79 Å². The Labute approximate surface area is 218 Å². The molecule has 0 amide bonds. The fraction of sp³-hybridized carbons (Fsp3) is 0.704. The van der Waals surface area contributed by atoms with E-state index in [1.165, 1.54) is 6.92 Å². The minimum atomic E-state index is -2.06. The Balaban J connectivity index is 3.31. The number of hydrogen-bond donors (Lipinski definition) is 1. The molecule has 0 aliphatic heterocycles. The standard InChI is InChI=1S/C27H47NO7Si/c1-19(29)31-18-32-22-14-13-20(15-21(22)17-33-36(11,12)27(8,9)10)23(16-28-25(2,3)4)34-24(30)35-26(5,6)7/h13-15,23,28H,16-18H2,1-12H3. The van der Waals surface area contributed by atoms with E-state index >= 15 is 0 Å². The summed E-state index contributed by atoms with van der Waals surface area (Å²) >= 11 is 0. The van der Waals surface area contributed by atoms with Crippen molar-refractivity contribution in [2.24, 2.45) is 0 Å². The lowest BCUT2D eigenvalue weighted by molar-refractivity contribution is -0.147. The van der Waals surface area contributed by atoms with Crippen molar-refractivity contribution < 1.29 is 33.0 Å². The van der Waals surface area contributed by atoms with E-state index in [1.807, 2.05) is 32.9 Å². The third-order valence-electron chi connectivity index (χ3n) is 5.77. The number of hydrogen-bond acceptors (Lipinski definition) is 8. The Bertz CT molecular complexity index is 880. The van der Waals surface area contributed by atoms with Crippen molar-refractivity contribution in [3.05, 3.63) is 29.3 Å². The molecule has 1 rings (SSSR count). The first-order valence-electron chi connectivity index (χ1n) is 12.4. The Morgan fingerprint density at radius 1 is 1.00 bits per heavy atom. The molecule has 1 unspecified atom stereocenters. The van der Waals surface area contributed by atoms with Gasteiger partial charge in [0.1, 0.15) is 17.5 Å². The maximum Gasteiger partial charge on any atom is 0.509 e. The lowest BCUT2D eigenvalue weighted by atomic mass is 10.0. The van der Waals surface area contributed by atoms with E-state index < -0.39 is 32.1 Å². The summed E-state index contributed by atoms with van der Waals surface area (Å²) in [4.78, 5) is 23.7. The number of nitrogens with one attached hydrogen (secondary N) is 1. The molecule has 8 nitrogen and oxygen atoms in total. The van der Waals surface area contributed by atoms with Gasteiger partial charge in [-0.25, -0.2) is 4.79 Å². The number of esters is 1. The van der Waals surface area contributed by atoms with E-state index in [9.17, 15) is 9.59 Å². The van der Waals surface area contributed by atoms with Crippen LogP contribution in [0.3, 0.4) is 0 Å². The molecule has 0 aliphatic rings. The second-order valence-electron chi connectivity index (χ2n) is 12.5. The average Bonchev–Trinajstić information content (AvgIpc) is 2.67. The molecule has 0 aromatic heterocycles. The first kappa shape index (κ1) is 31.9. The molecule has 0 saturated carbocycles. The summed E-state index contributed by atoms with van der Waals surface area (Å²) in [5.74, 6) is 0.114. The van der Waals surface area contributed by atoms with Crippen LogP contribution >= 0.6 is 0 Å². The van der Waals surface area contributed by atoms with Crippen molar-refractivity contribution >= 4 is 20.4 Å². The highest BCUT2D eigenvalue weighted by molar-refractivity contribution is 6.74. The quantitative estimate of drug-likeness (QED) is 0.211. The largest absolute Gasteiger partial charge is 0.509 e. The summed E-state index contributed by atoms with van der Waals surface area (Å²) in [5, 5.41) is 3.43. The Morgan fingerprint density at radius 2 is 1.61 bits per heavy atom. The normalized spacial score (nSPS) is 13.7. The van der Waals surface area contributed by atoms with Gasteiger partial charge in [-0.05, 0) is 77.4 Å². The number of carbonyl (C=O) groups excluding carboxylic acids is 2. The zero-order valence-electron chi connectivity index (χ0n) is 24.3. The molecule has 1 N–H and O–H groups in total. The molecule has 0 heterocycles. The SMILES string of the molecule is CC(=O)OCOc1ccc(C(CNC(C)(C)C)OC(=O)OC(C)(C)C)cc1CO[Si](C)(C)C(C)(C)C. The first-order chi connectivity index (χ1) is 16.2. The Morgan fingerprint density at radius 3 is 2.11 bits per heavy atom. The van der Waals surface area contributed by atoms with Gasteiger partial charge in [0, 0.05) is 24.6 Å². The van der Waals surface area contributed by atoms with Gasteiger partial charge in [-0.1, -0.05) is 26.8 Å². The van der Waals surface area contributed by atoms with Gasteiger partial charge in [0.25, 0.3) is 0 Å². The van der Waals surface area contributed by atoms with Gasteiger partial charge in [0.15, 0.2) is 8.32 Å². The van der Waals surface area contributed by atoms with Crippen LogP contribution in [0.2, 0.25) is 18.1 Å². The maximum absolute atomic E-state index is 12.5. The molecular formula is C27H47NO7Si. The first-order valence-corrected chi connectivity index (χ1v) is 15.3. The lowest BCUT2D eigenvalue weighted by Crippen LogP contribution is -2.40. The van der Waals surface area contributed by atoms with Crippen LogP contribution < -0.4 is 10.1 Å². The summed E-state index contributed by atoms with van der Waals surface area (Å²) in [5.41, 5.74) is 0.691. The van der Waals surface area contributed by atoms with Crippen LogP contribution in [0.25, 0.3) is 0 Å². The second-order valence-corrected chi connectivity index (χ2v) is 17.3. The highest BCUT2D eigenvalue weighted by Crippen LogP contribution is 2.38. The van der Waals surface area contributed by atoms with E-state index in [-0.39, 0.29) is 17.4 Å². The summed E-state index contributed by atoms with van der Waals surface area (Å²) in [7, 11) is -2.06. The third kappa shape index (κ3) is 11.8. The van der Waals surface area contributed by atoms with Gasteiger partial charge in [-0.3, -0.25) is 4.79 Å². The Kier molecular flexibility index (Phi) is 11.0. The van der Waals surface area contributed by atoms with Gasteiger partial charge in [0.2, 0.25) is 6.79 Å². The number of benzene rings is 1. The zero-order chi connectivity index (χ0) is 27.9. The monoisotopic (exact) mass is 525 g/mol. The topological polar surface area (TPSA) is 92.3 Å². The maximum atomic E-state index is 12.5. The van der Waals surface area contributed by atoms with Crippen molar-refractivity contribution in [1.29, 1.82) is 0 Å². The fourth-order valence-electron chi connectivity index (χ4n) is 2.72. The van der Waals surface area contributed by atoms with Crippen LogP contribution in [0.1, 0.15) is 86.5 Å². The number of ether oxygens (including phenoxy) is 4. The van der Waals surface area contributed by atoms with Crippen molar-refractivity contribution in [1.82, 2.24) is 5.32 Å². The van der Waals surface area contributed by atoms with E-state index in [0.29, 0.717) is 18.9 Å². The minimum absolute atomic E-state index is 0.0301. The highest BCUT2D eigenvalue weighted by Gasteiger charge is 2.37. The summed E-state index contributed by atoms with van der Waals surface area (Å²) in [6, 6.07) is 5.53. The molecule has 1 atom stereocenters. The van der Waals surface area contributed by atoms with E-state index in [4.69, 9.17) is 23.4 Å². The van der Waals surface area contributed by atoms with Gasteiger partial charge >= 0.3 is 12.1 Å². The van der Waals surface area contributed by atoms with Crippen molar-refractivity contribution in [2.75, 3.05) is 13.3 Å². The van der Waals surface area contributed by atoms with E-state index in [0.717, 1.165) is 11.1 Å². The predicted molar refractivity (Wildman–Crippen MR) is 144 cm³/mol. The molecule has 0 bridgehead atoms. The second kappa shape index (κ2) is 12.4. The molecular weight excluding hydrogens is 478 g/mol. The van der Waals surface area contributed by atoms with Crippen LogP contribution in [-0.4, -0.2) is 44.9 Å². The van der Waals surface area contributed by atoms with Crippen LogP contribution in [0, 0.1) is 0 Å². The average molecular weight is 526 g/mol. The lowest BCUT2D eigenvalue weighted by Gasteiger charge is -2.36. The van der Waals surface area contributed by atoms with Crippen LogP contribution in [0.5, 0.6) is 5.75 Å². The molecule has 0 radical (unpaired) electrons. The highest BCUT2D eigenvalue weighted by atomic mass is 28.4. The van der Waals surface area contributed by atoms with Gasteiger partial charge in [-0.2, -0.15) is 0 Å². The summed E-state index contributed by atoms with van der Waals surface area (Å²) in [6.07, 6.45) is -1.34. The van der Waals surface area contributed by atoms with Crippen molar-refractivity contribution in [3.8, 4) is 5.75 Å². The zero-order valence-corrected chi connectivity index (χ0v) is 25.3. The third-order valence-corrected chi connectivity index (χ3v) is 10.3.